The number of carbonyl (C=O) groups excluding carboxylic acids is 1. The minimum absolute atomic E-state index is 0.160. The third kappa shape index (κ3) is 4.69. The summed E-state index contributed by atoms with van der Waals surface area (Å²) in [6.45, 7) is 0.264. The predicted octanol–water partition coefficient (Wildman–Crippen LogP) is 4.39. The maximum atomic E-state index is 12.3. The van der Waals surface area contributed by atoms with Crippen molar-refractivity contribution in [2.75, 3.05) is 6.54 Å². The summed E-state index contributed by atoms with van der Waals surface area (Å²) in [5.74, 6) is 0.270. The van der Waals surface area contributed by atoms with E-state index in [-0.39, 0.29) is 29.1 Å². The van der Waals surface area contributed by atoms with Crippen LogP contribution in [0.15, 0.2) is 54.6 Å². The number of benzene rings is 2. The van der Waals surface area contributed by atoms with Gasteiger partial charge in [-0.1, -0.05) is 48.9 Å². The molecule has 5 heteroatoms. The molecule has 0 spiro atoms. The summed E-state index contributed by atoms with van der Waals surface area (Å²) in [4.78, 5) is 23.1. The minimum Gasteiger partial charge on any atom is -0.489 e. The first-order chi connectivity index (χ1) is 12.6. The van der Waals surface area contributed by atoms with Gasteiger partial charge in [-0.25, -0.2) is 0 Å². The van der Waals surface area contributed by atoms with E-state index in [4.69, 9.17) is 4.74 Å². The molecular formula is C21H23NO4. The SMILES string of the molecule is O=C1CCCCC1[C@@H](C[N+](=O)[O-])c1ccc(OCc2ccccc2)cc1. The maximum Gasteiger partial charge on any atom is 0.211 e. The zero-order valence-electron chi connectivity index (χ0n) is 14.7. The summed E-state index contributed by atoms with van der Waals surface area (Å²) in [6.07, 6.45) is 3.14. The molecule has 1 fully saturated rings. The summed E-state index contributed by atoms with van der Waals surface area (Å²) in [5.41, 5.74) is 1.92. The second kappa shape index (κ2) is 8.61. The Kier molecular flexibility index (Phi) is 6.00. The number of hydrogen-bond donors (Lipinski definition) is 0. The standard InChI is InChI=1S/C21H23NO4/c23-21-9-5-4-8-19(21)20(14-22(24)25)17-10-12-18(13-11-17)26-15-16-6-2-1-3-7-16/h1-3,6-7,10-13,19-20H,4-5,8-9,14-15H2/t19?,20-/m0/s1. The molecule has 1 unspecified atom stereocenters. The highest BCUT2D eigenvalue weighted by Gasteiger charge is 2.34. The molecular weight excluding hydrogens is 330 g/mol. The molecule has 136 valence electrons. The number of carbonyl (C=O) groups is 1. The molecule has 26 heavy (non-hydrogen) atoms. The van der Waals surface area contributed by atoms with Crippen molar-refractivity contribution in [3.8, 4) is 5.75 Å². The average molecular weight is 353 g/mol. The molecule has 2 atom stereocenters. The molecule has 5 nitrogen and oxygen atoms in total. The number of nitro groups is 1. The van der Waals surface area contributed by atoms with Gasteiger partial charge >= 0.3 is 0 Å². The van der Waals surface area contributed by atoms with E-state index in [9.17, 15) is 14.9 Å². The van der Waals surface area contributed by atoms with Gasteiger partial charge in [-0.3, -0.25) is 14.9 Å². The van der Waals surface area contributed by atoms with Crippen LogP contribution in [-0.2, 0) is 11.4 Å². The van der Waals surface area contributed by atoms with E-state index in [0.29, 0.717) is 18.8 Å². The second-order valence-corrected chi connectivity index (χ2v) is 6.78. The summed E-state index contributed by atoms with van der Waals surface area (Å²) in [6, 6.07) is 17.3. The molecule has 0 N–H and O–H groups in total. The van der Waals surface area contributed by atoms with Crippen molar-refractivity contribution in [1.29, 1.82) is 0 Å². The van der Waals surface area contributed by atoms with Crippen molar-refractivity contribution in [3.63, 3.8) is 0 Å². The first kappa shape index (κ1) is 18.1. The fraction of sp³-hybridized carbons (Fsp3) is 0.381. The van der Waals surface area contributed by atoms with E-state index in [1.165, 1.54) is 0 Å². The Morgan fingerprint density at radius 2 is 1.81 bits per heavy atom. The number of hydrogen-bond acceptors (Lipinski definition) is 4. The van der Waals surface area contributed by atoms with Gasteiger partial charge in [-0.2, -0.15) is 0 Å². The number of rotatable bonds is 7. The van der Waals surface area contributed by atoms with Crippen LogP contribution < -0.4 is 4.74 Å². The van der Waals surface area contributed by atoms with Gasteiger partial charge in [0.2, 0.25) is 6.54 Å². The quantitative estimate of drug-likeness (QED) is 0.547. The molecule has 0 amide bonds. The third-order valence-corrected chi connectivity index (χ3v) is 4.99. The maximum absolute atomic E-state index is 12.3. The van der Waals surface area contributed by atoms with Crippen LogP contribution in [0.2, 0.25) is 0 Å². The molecule has 2 aromatic carbocycles. The molecule has 0 saturated heterocycles. The molecule has 3 rings (SSSR count). The lowest BCUT2D eigenvalue weighted by Crippen LogP contribution is -2.30. The Balaban J connectivity index is 1.71. The fourth-order valence-electron chi connectivity index (χ4n) is 3.61. The smallest absolute Gasteiger partial charge is 0.211 e. The first-order valence-electron chi connectivity index (χ1n) is 9.04. The molecule has 1 aliphatic rings. The van der Waals surface area contributed by atoms with Gasteiger partial charge < -0.3 is 4.74 Å². The summed E-state index contributed by atoms with van der Waals surface area (Å²) in [5, 5.41) is 11.1. The van der Waals surface area contributed by atoms with Crippen LogP contribution in [0.1, 0.15) is 42.7 Å². The van der Waals surface area contributed by atoms with Crippen LogP contribution in [0.25, 0.3) is 0 Å². The molecule has 0 bridgehead atoms. The van der Waals surface area contributed by atoms with Gasteiger partial charge in [0.05, 0.1) is 5.92 Å². The van der Waals surface area contributed by atoms with Gasteiger partial charge in [0.25, 0.3) is 0 Å². The summed E-state index contributed by atoms with van der Waals surface area (Å²) in [7, 11) is 0. The van der Waals surface area contributed by atoms with Gasteiger partial charge in [-0.05, 0) is 36.1 Å². The Hall–Kier alpha value is -2.69. The van der Waals surface area contributed by atoms with Gasteiger partial charge in [0.1, 0.15) is 18.1 Å². The number of Topliss-reactive ketones (excluding diaryl/α,β-unsaturated/α-hetero) is 1. The Labute approximate surface area is 153 Å². The zero-order valence-corrected chi connectivity index (χ0v) is 14.7. The Bertz CT molecular complexity index is 742. The Morgan fingerprint density at radius 3 is 2.46 bits per heavy atom. The van der Waals surface area contributed by atoms with E-state index in [1.54, 1.807) is 0 Å². The molecule has 0 aliphatic heterocycles. The average Bonchev–Trinajstić information content (AvgIpc) is 2.66. The molecule has 0 aromatic heterocycles. The first-order valence-corrected chi connectivity index (χ1v) is 9.04. The van der Waals surface area contributed by atoms with E-state index >= 15 is 0 Å². The van der Waals surface area contributed by atoms with Crippen molar-refractivity contribution in [3.05, 3.63) is 75.8 Å². The van der Waals surface area contributed by atoms with Gasteiger partial charge in [0.15, 0.2) is 0 Å². The summed E-state index contributed by atoms with van der Waals surface area (Å²) >= 11 is 0. The van der Waals surface area contributed by atoms with Gasteiger partial charge in [0, 0.05) is 17.3 Å². The highest BCUT2D eigenvalue weighted by atomic mass is 16.6. The fourth-order valence-corrected chi connectivity index (χ4v) is 3.61. The van der Waals surface area contributed by atoms with E-state index < -0.39 is 0 Å². The molecule has 1 saturated carbocycles. The van der Waals surface area contributed by atoms with Crippen molar-refractivity contribution in [2.24, 2.45) is 5.92 Å². The lowest BCUT2D eigenvalue weighted by molar-refractivity contribution is -0.484. The number of nitrogens with zero attached hydrogens (tertiary/aromatic N) is 1. The number of ether oxygens (including phenoxy) is 1. The van der Waals surface area contributed by atoms with E-state index in [1.807, 2.05) is 54.6 Å². The highest BCUT2D eigenvalue weighted by Crippen LogP contribution is 2.34. The van der Waals surface area contributed by atoms with Crippen molar-refractivity contribution < 1.29 is 14.5 Å². The van der Waals surface area contributed by atoms with Crippen molar-refractivity contribution in [1.82, 2.24) is 0 Å². The summed E-state index contributed by atoms with van der Waals surface area (Å²) < 4.78 is 5.77. The highest BCUT2D eigenvalue weighted by molar-refractivity contribution is 5.82. The van der Waals surface area contributed by atoms with E-state index in [2.05, 4.69) is 0 Å². The van der Waals surface area contributed by atoms with Crippen LogP contribution >= 0.6 is 0 Å². The van der Waals surface area contributed by atoms with E-state index in [0.717, 1.165) is 30.4 Å². The normalized spacial score (nSPS) is 18.3. The van der Waals surface area contributed by atoms with Crippen LogP contribution in [0.4, 0.5) is 0 Å². The third-order valence-electron chi connectivity index (χ3n) is 4.99. The van der Waals surface area contributed by atoms with Crippen LogP contribution in [-0.4, -0.2) is 17.3 Å². The van der Waals surface area contributed by atoms with Crippen LogP contribution in [0.5, 0.6) is 5.75 Å². The molecule has 0 heterocycles. The Morgan fingerprint density at radius 1 is 1.08 bits per heavy atom. The van der Waals surface area contributed by atoms with Gasteiger partial charge in [-0.15, -0.1) is 0 Å². The topological polar surface area (TPSA) is 69.4 Å². The number of ketones is 1. The van der Waals surface area contributed by atoms with Crippen LogP contribution in [0, 0.1) is 16.0 Å². The lowest BCUT2D eigenvalue weighted by atomic mass is 9.76. The lowest BCUT2D eigenvalue weighted by Gasteiger charge is -2.27. The predicted molar refractivity (Wildman–Crippen MR) is 98.8 cm³/mol. The second-order valence-electron chi connectivity index (χ2n) is 6.78. The molecule has 1 aliphatic carbocycles. The minimum atomic E-state index is -0.360. The molecule has 0 radical (unpaired) electrons. The molecule has 2 aromatic rings. The van der Waals surface area contributed by atoms with Crippen molar-refractivity contribution in [2.45, 2.75) is 38.2 Å². The monoisotopic (exact) mass is 353 g/mol. The van der Waals surface area contributed by atoms with Crippen LogP contribution in [0.3, 0.4) is 0 Å². The van der Waals surface area contributed by atoms with Crippen molar-refractivity contribution >= 4 is 5.78 Å². The largest absolute Gasteiger partial charge is 0.489 e. The zero-order chi connectivity index (χ0) is 18.4.